The number of nitrogens with two attached hydrogens (primary N) is 1. The first kappa shape index (κ1) is 14.7. The van der Waals surface area contributed by atoms with Gasteiger partial charge in [0.1, 0.15) is 5.82 Å². The van der Waals surface area contributed by atoms with Crippen LogP contribution in [0.1, 0.15) is 35.6 Å². The van der Waals surface area contributed by atoms with E-state index >= 15 is 0 Å². The van der Waals surface area contributed by atoms with E-state index in [1.165, 1.54) is 11.6 Å². The molecule has 0 bridgehead atoms. The van der Waals surface area contributed by atoms with E-state index in [1.54, 1.807) is 13.0 Å². The smallest absolute Gasteiger partial charge is 0.126 e. The van der Waals surface area contributed by atoms with Crippen LogP contribution in [0.4, 0.5) is 4.39 Å². The highest BCUT2D eigenvalue weighted by molar-refractivity contribution is 5.26. The van der Waals surface area contributed by atoms with E-state index in [-0.39, 0.29) is 11.9 Å². The molecule has 106 valence electrons. The zero-order chi connectivity index (χ0) is 14.4. The standard InChI is InChI=1S/C17H21FN2/c1-13-12-15(10-11-16(13)18)17(20-19)9-5-8-14-6-3-2-4-7-14/h2-4,6-7,10-12,17,20H,5,8-9,19H2,1H3. The van der Waals surface area contributed by atoms with Crippen molar-refractivity contribution in [3.63, 3.8) is 0 Å². The van der Waals surface area contributed by atoms with Crippen LogP contribution < -0.4 is 11.3 Å². The number of hydrogen-bond acceptors (Lipinski definition) is 2. The summed E-state index contributed by atoms with van der Waals surface area (Å²) in [6, 6.07) is 15.6. The Morgan fingerprint density at radius 3 is 2.55 bits per heavy atom. The molecule has 0 aliphatic rings. The fourth-order valence-corrected chi connectivity index (χ4v) is 2.39. The molecule has 0 fully saturated rings. The second-order valence-corrected chi connectivity index (χ2v) is 5.11. The minimum atomic E-state index is -0.172. The lowest BCUT2D eigenvalue weighted by Gasteiger charge is -2.17. The van der Waals surface area contributed by atoms with Gasteiger partial charge in [0.05, 0.1) is 0 Å². The lowest BCUT2D eigenvalue weighted by atomic mass is 9.98. The minimum absolute atomic E-state index is 0.0676. The fraction of sp³-hybridized carbons (Fsp3) is 0.294. The van der Waals surface area contributed by atoms with Crippen LogP contribution in [0.5, 0.6) is 0 Å². The first-order valence-corrected chi connectivity index (χ1v) is 6.97. The van der Waals surface area contributed by atoms with Crippen LogP contribution >= 0.6 is 0 Å². The third kappa shape index (κ3) is 3.89. The Hall–Kier alpha value is -1.71. The van der Waals surface area contributed by atoms with Gasteiger partial charge in [-0.25, -0.2) is 4.39 Å². The van der Waals surface area contributed by atoms with Crippen molar-refractivity contribution in [1.29, 1.82) is 0 Å². The Bertz CT molecular complexity index is 540. The third-order valence-electron chi connectivity index (χ3n) is 3.59. The molecule has 0 saturated heterocycles. The van der Waals surface area contributed by atoms with Crippen LogP contribution in [0.15, 0.2) is 48.5 Å². The molecular weight excluding hydrogens is 251 g/mol. The normalized spacial score (nSPS) is 12.3. The predicted octanol–water partition coefficient (Wildman–Crippen LogP) is 3.66. The average Bonchev–Trinajstić information content (AvgIpc) is 2.48. The predicted molar refractivity (Wildman–Crippen MR) is 80.6 cm³/mol. The summed E-state index contributed by atoms with van der Waals surface area (Å²) < 4.78 is 13.3. The van der Waals surface area contributed by atoms with Crippen molar-refractivity contribution in [1.82, 2.24) is 5.43 Å². The van der Waals surface area contributed by atoms with Crippen LogP contribution in [0.2, 0.25) is 0 Å². The number of hydrogen-bond donors (Lipinski definition) is 2. The minimum Gasteiger partial charge on any atom is -0.271 e. The van der Waals surface area contributed by atoms with Crippen molar-refractivity contribution in [2.75, 3.05) is 0 Å². The maximum atomic E-state index is 13.3. The van der Waals surface area contributed by atoms with Gasteiger partial charge in [-0.05, 0) is 48.9 Å². The molecule has 3 heteroatoms. The average molecular weight is 272 g/mol. The van der Waals surface area contributed by atoms with Crippen molar-refractivity contribution in [3.05, 3.63) is 71.0 Å². The van der Waals surface area contributed by atoms with E-state index in [0.717, 1.165) is 24.8 Å². The lowest BCUT2D eigenvalue weighted by Crippen LogP contribution is -2.28. The van der Waals surface area contributed by atoms with Crippen molar-refractivity contribution >= 4 is 0 Å². The zero-order valence-electron chi connectivity index (χ0n) is 11.8. The van der Waals surface area contributed by atoms with Gasteiger partial charge < -0.3 is 0 Å². The quantitative estimate of drug-likeness (QED) is 0.622. The molecule has 0 spiro atoms. The molecule has 0 aliphatic carbocycles. The van der Waals surface area contributed by atoms with E-state index < -0.39 is 0 Å². The van der Waals surface area contributed by atoms with Crippen molar-refractivity contribution in [3.8, 4) is 0 Å². The van der Waals surface area contributed by atoms with Gasteiger partial charge in [-0.2, -0.15) is 0 Å². The number of halogens is 1. The molecule has 20 heavy (non-hydrogen) atoms. The van der Waals surface area contributed by atoms with Gasteiger partial charge in [0.25, 0.3) is 0 Å². The molecule has 0 aliphatic heterocycles. The van der Waals surface area contributed by atoms with Crippen LogP contribution in [-0.2, 0) is 6.42 Å². The van der Waals surface area contributed by atoms with Gasteiger partial charge in [-0.3, -0.25) is 11.3 Å². The van der Waals surface area contributed by atoms with E-state index in [9.17, 15) is 4.39 Å². The maximum absolute atomic E-state index is 13.3. The molecule has 2 rings (SSSR count). The van der Waals surface area contributed by atoms with Crippen LogP contribution in [0, 0.1) is 12.7 Å². The molecule has 2 aromatic rings. The first-order chi connectivity index (χ1) is 9.70. The SMILES string of the molecule is Cc1cc(C(CCCc2ccccc2)NN)ccc1F. The molecule has 0 saturated carbocycles. The Balaban J connectivity index is 1.93. The largest absolute Gasteiger partial charge is 0.271 e. The molecule has 0 radical (unpaired) electrons. The van der Waals surface area contributed by atoms with Crippen LogP contribution in [-0.4, -0.2) is 0 Å². The topological polar surface area (TPSA) is 38.0 Å². The van der Waals surface area contributed by atoms with Gasteiger partial charge in [0.15, 0.2) is 0 Å². The van der Waals surface area contributed by atoms with Crippen molar-refractivity contribution in [2.45, 2.75) is 32.2 Å². The zero-order valence-corrected chi connectivity index (χ0v) is 11.8. The van der Waals surface area contributed by atoms with E-state index in [0.29, 0.717) is 5.56 Å². The van der Waals surface area contributed by atoms with Gasteiger partial charge in [-0.1, -0.05) is 42.5 Å². The molecule has 2 nitrogen and oxygen atoms in total. The Morgan fingerprint density at radius 2 is 1.90 bits per heavy atom. The molecular formula is C17H21FN2. The number of aryl methyl sites for hydroxylation is 2. The summed E-state index contributed by atoms with van der Waals surface area (Å²) in [7, 11) is 0. The summed E-state index contributed by atoms with van der Waals surface area (Å²) in [5.74, 6) is 5.46. The Labute approximate surface area is 119 Å². The highest BCUT2D eigenvalue weighted by atomic mass is 19.1. The maximum Gasteiger partial charge on any atom is 0.126 e. The lowest BCUT2D eigenvalue weighted by molar-refractivity contribution is 0.497. The van der Waals surface area contributed by atoms with Crippen LogP contribution in [0.3, 0.4) is 0 Å². The summed E-state index contributed by atoms with van der Waals surface area (Å²) in [5, 5.41) is 0. The summed E-state index contributed by atoms with van der Waals surface area (Å²) in [4.78, 5) is 0. The Kier molecular flexibility index (Phi) is 5.27. The van der Waals surface area contributed by atoms with E-state index in [4.69, 9.17) is 5.84 Å². The molecule has 2 aromatic carbocycles. The molecule has 1 atom stereocenters. The first-order valence-electron chi connectivity index (χ1n) is 6.97. The van der Waals surface area contributed by atoms with Gasteiger partial charge in [0.2, 0.25) is 0 Å². The summed E-state index contributed by atoms with van der Waals surface area (Å²) in [5.41, 5.74) is 5.86. The number of rotatable bonds is 6. The molecule has 0 heterocycles. The van der Waals surface area contributed by atoms with Crippen molar-refractivity contribution in [2.24, 2.45) is 5.84 Å². The third-order valence-corrected chi connectivity index (χ3v) is 3.59. The monoisotopic (exact) mass is 272 g/mol. The molecule has 0 aromatic heterocycles. The highest BCUT2D eigenvalue weighted by Gasteiger charge is 2.10. The summed E-state index contributed by atoms with van der Waals surface area (Å²) in [6.45, 7) is 1.77. The Morgan fingerprint density at radius 1 is 1.15 bits per heavy atom. The highest BCUT2D eigenvalue weighted by Crippen LogP contribution is 2.21. The van der Waals surface area contributed by atoms with Crippen LogP contribution in [0.25, 0.3) is 0 Å². The van der Waals surface area contributed by atoms with Gasteiger partial charge >= 0.3 is 0 Å². The second-order valence-electron chi connectivity index (χ2n) is 5.11. The molecule has 1 unspecified atom stereocenters. The number of hydrazine groups is 1. The van der Waals surface area contributed by atoms with Crippen molar-refractivity contribution < 1.29 is 4.39 Å². The summed E-state index contributed by atoms with van der Waals surface area (Å²) in [6.07, 6.45) is 2.99. The number of benzene rings is 2. The van der Waals surface area contributed by atoms with E-state index in [2.05, 4.69) is 29.7 Å². The van der Waals surface area contributed by atoms with E-state index in [1.807, 2.05) is 12.1 Å². The van der Waals surface area contributed by atoms with Gasteiger partial charge in [0, 0.05) is 6.04 Å². The fourth-order valence-electron chi connectivity index (χ4n) is 2.39. The molecule has 3 N–H and O–H groups in total. The number of nitrogens with one attached hydrogen (secondary N) is 1. The summed E-state index contributed by atoms with van der Waals surface area (Å²) >= 11 is 0. The second kappa shape index (κ2) is 7.17. The molecule has 0 amide bonds. The van der Waals surface area contributed by atoms with Gasteiger partial charge in [-0.15, -0.1) is 0 Å².